The molecule has 2 heterocycles. The number of aliphatic carboxylic acids is 1. The Hall–Kier alpha value is -5.15. The van der Waals surface area contributed by atoms with Crippen LogP contribution in [-0.2, 0) is 24.6 Å². The van der Waals surface area contributed by atoms with Crippen LogP contribution in [0.3, 0.4) is 0 Å². The van der Waals surface area contributed by atoms with Crippen molar-refractivity contribution in [2.75, 3.05) is 32.8 Å². The van der Waals surface area contributed by atoms with Gasteiger partial charge in [0.2, 0.25) is 5.91 Å². The first kappa shape index (κ1) is 41.5. The minimum atomic E-state index is -0.968. The number of rotatable bonds is 10. The molecule has 12 heteroatoms. The van der Waals surface area contributed by atoms with E-state index in [1.807, 2.05) is 24.3 Å². The molecule has 0 aromatic heterocycles. The highest BCUT2D eigenvalue weighted by Crippen LogP contribution is 2.37. The molecule has 1 fully saturated rings. The Balaban J connectivity index is 1.19. The molecule has 2 aliphatic heterocycles. The molecule has 1 amide bonds. The summed E-state index contributed by atoms with van der Waals surface area (Å²) in [6, 6.07) is 19.7. The second-order valence-corrected chi connectivity index (χ2v) is 15.1. The number of benzene rings is 4. The minimum absolute atomic E-state index is 0.0443. The van der Waals surface area contributed by atoms with Gasteiger partial charge in [0.25, 0.3) is 0 Å². The van der Waals surface area contributed by atoms with Crippen molar-refractivity contribution in [2.45, 2.75) is 84.3 Å². The molecule has 3 N–H and O–H groups in total. The number of hydrogen-bond acceptors (Lipinski definition) is 7. The molecule has 0 saturated carbocycles. The normalized spacial score (nSPS) is 17.1. The molecule has 0 radical (unpaired) electrons. The first-order valence-electron chi connectivity index (χ1n) is 19.6. The highest BCUT2D eigenvalue weighted by atomic mass is 35.5. The van der Waals surface area contributed by atoms with E-state index in [-0.39, 0.29) is 25.7 Å². The Morgan fingerprint density at radius 2 is 1.77 bits per heavy atom. The Bertz CT molecular complexity index is 2100. The van der Waals surface area contributed by atoms with Gasteiger partial charge in [-0.05, 0) is 116 Å². The highest BCUT2D eigenvalue weighted by Gasteiger charge is 2.21. The molecule has 57 heavy (non-hydrogen) atoms. The molecule has 1 saturated heterocycles. The zero-order valence-electron chi connectivity index (χ0n) is 32.5. The molecule has 0 unspecified atom stereocenters. The molecule has 4 aromatic carbocycles. The van der Waals surface area contributed by atoms with Crippen LogP contribution < -0.4 is 24.8 Å². The standard InChI is InChI=1S/C45H50ClFN4O6/c1-29-32(9-6-10-37(29)38-11-7-13-41(30(38)2)55-20-8-17-51-18-14-35(47)15-19-51)28-57-43-25-42-34(24-39(43)46)26-50-40(45(53)54)12-4-5-16-49-44(52)33-21-31(27-56-42)22-36(23-33)48-3/h6-7,9-11,13,21-25,35,40,50H,4-5,8,12,14-20,26-28H2,1-2H3,(H,49,52)(H,53,54)/t40-/m0/s1. The smallest absolute Gasteiger partial charge is 0.320 e. The first-order chi connectivity index (χ1) is 27.6. The fourth-order valence-electron chi connectivity index (χ4n) is 7.34. The summed E-state index contributed by atoms with van der Waals surface area (Å²) < 4.78 is 32.4. The van der Waals surface area contributed by atoms with Gasteiger partial charge in [0.1, 0.15) is 42.7 Å². The van der Waals surface area contributed by atoms with Crippen molar-refractivity contribution in [3.8, 4) is 28.4 Å². The van der Waals surface area contributed by atoms with Crippen LogP contribution in [0.25, 0.3) is 16.0 Å². The maximum Gasteiger partial charge on any atom is 0.320 e. The van der Waals surface area contributed by atoms with Crippen LogP contribution in [0, 0.1) is 20.4 Å². The average molecular weight is 797 g/mol. The van der Waals surface area contributed by atoms with Crippen LogP contribution in [0.4, 0.5) is 10.1 Å². The molecule has 2 aliphatic rings. The van der Waals surface area contributed by atoms with E-state index in [4.69, 9.17) is 32.4 Å². The van der Waals surface area contributed by atoms with Crippen LogP contribution >= 0.6 is 11.6 Å². The lowest BCUT2D eigenvalue weighted by atomic mass is 9.93. The number of carboxylic acids is 1. The monoisotopic (exact) mass is 796 g/mol. The average Bonchev–Trinajstić information content (AvgIpc) is 3.20. The van der Waals surface area contributed by atoms with E-state index in [1.165, 1.54) is 0 Å². The molecular weight excluding hydrogens is 747 g/mol. The van der Waals surface area contributed by atoms with Crippen LogP contribution in [0.5, 0.6) is 17.2 Å². The Morgan fingerprint density at radius 3 is 2.54 bits per heavy atom. The van der Waals surface area contributed by atoms with Crippen LogP contribution in [0.2, 0.25) is 5.02 Å². The number of likely N-dealkylation sites (tertiary alicyclic amines) is 1. The summed E-state index contributed by atoms with van der Waals surface area (Å²) >= 11 is 6.82. The summed E-state index contributed by atoms with van der Waals surface area (Å²) in [6.07, 6.45) is 2.97. The minimum Gasteiger partial charge on any atom is -0.493 e. The highest BCUT2D eigenvalue weighted by molar-refractivity contribution is 6.32. The van der Waals surface area contributed by atoms with Gasteiger partial charge in [-0.2, -0.15) is 0 Å². The molecule has 0 aliphatic carbocycles. The number of carbonyl (C=O) groups excluding carboxylic acids is 1. The largest absolute Gasteiger partial charge is 0.493 e. The lowest BCUT2D eigenvalue weighted by molar-refractivity contribution is -0.139. The van der Waals surface area contributed by atoms with E-state index in [2.05, 4.69) is 46.4 Å². The van der Waals surface area contributed by atoms with Crippen molar-refractivity contribution < 1.29 is 33.3 Å². The molecule has 300 valence electrons. The third kappa shape index (κ3) is 11.0. The Morgan fingerprint density at radius 1 is 1.00 bits per heavy atom. The maximum atomic E-state index is 13.5. The lowest BCUT2D eigenvalue weighted by Crippen LogP contribution is -2.36. The van der Waals surface area contributed by atoms with E-state index in [9.17, 15) is 19.1 Å². The number of nitrogens with one attached hydrogen (secondary N) is 2. The summed E-state index contributed by atoms with van der Waals surface area (Å²) in [5.41, 5.74) is 7.14. The second kappa shape index (κ2) is 19.8. The van der Waals surface area contributed by atoms with E-state index < -0.39 is 18.2 Å². The van der Waals surface area contributed by atoms with Gasteiger partial charge >= 0.3 is 5.97 Å². The molecule has 10 nitrogen and oxygen atoms in total. The van der Waals surface area contributed by atoms with Gasteiger partial charge in [0.15, 0.2) is 5.69 Å². The SMILES string of the molecule is [C-]#[N+]c1cc2cc(c1)C(=O)NCCCC[C@@H](C(=O)O)NCc1cc(Cl)c(OCc3cccc(-c4cccc(OCCCN5CCC(F)CC5)c4C)c3C)cc1OC2. The number of nitrogens with zero attached hydrogens (tertiary/aromatic N) is 2. The fourth-order valence-corrected chi connectivity index (χ4v) is 7.58. The second-order valence-electron chi connectivity index (χ2n) is 14.7. The number of carbonyl (C=O) groups is 2. The molecule has 1 atom stereocenters. The van der Waals surface area contributed by atoms with Crippen LogP contribution in [0.15, 0.2) is 66.7 Å². The zero-order chi connectivity index (χ0) is 40.3. The number of alkyl halides is 1. The van der Waals surface area contributed by atoms with Crippen molar-refractivity contribution in [1.29, 1.82) is 0 Å². The van der Waals surface area contributed by atoms with Crippen molar-refractivity contribution in [3.63, 3.8) is 0 Å². The third-order valence-corrected chi connectivity index (χ3v) is 11.0. The topological polar surface area (TPSA) is 114 Å². The van der Waals surface area contributed by atoms with Crippen molar-refractivity contribution in [3.05, 3.63) is 117 Å². The third-order valence-electron chi connectivity index (χ3n) is 10.7. The lowest BCUT2D eigenvalue weighted by Gasteiger charge is -2.28. The number of carboxylic acid groups (broad SMARTS) is 1. The Labute approximate surface area is 339 Å². The number of halogens is 2. The molecule has 0 spiro atoms. The van der Waals surface area contributed by atoms with Crippen molar-refractivity contribution >= 4 is 29.2 Å². The van der Waals surface area contributed by atoms with Gasteiger partial charge in [0.05, 0.1) is 18.2 Å². The van der Waals surface area contributed by atoms with Crippen molar-refractivity contribution in [1.82, 2.24) is 15.5 Å². The van der Waals surface area contributed by atoms with Gasteiger partial charge in [-0.1, -0.05) is 41.9 Å². The summed E-state index contributed by atoms with van der Waals surface area (Å²) in [7, 11) is 0. The van der Waals surface area contributed by atoms with Gasteiger partial charge in [-0.25, -0.2) is 9.24 Å². The van der Waals surface area contributed by atoms with Gasteiger partial charge in [-0.3, -0.25) is 9.59 Å². The van der Waals surface area contributed by atoms with Crippen molar-refractivity contribution in [2.24, 2.45) is 0 Å². The van der Waals surface area contributed by atoms with E-state index >= 15 is 0 Å². The molecule has 6 rings (SSSR count). The number of piperidine rings is 1. The van der Waals surface area contributed by atoms with Gasteiger partial charge in [0, 0.05) is 49.9 Å². The predicted molar refractivity (Wildman–Crippen MR) is 219 cm³/mol. The first-order valence-corrected chi connectivity index (χ1v) is 20.0. The van der Waals surface area contributed by atoms with E-state index in [1.54, 1.807) is 30.3 Å². The summed E-state index contributed by atoms with van der Waals surface area (Å²) in [6.45, 7) is 15.6. The molecule has 4 aromatic rings. The van der Waals surface area contributed by atoms with E-state index in [0.717, 1.165) is 59.6 Å². The predicted octanol–water partition coefficient (Wildman–Crippen LogP) is 8.99. The quantitative estimate of drug-likeness (QED) is 0.108. The Kier molecular flexibility index (Phi) is 14.4. The summed E-state index contributed by atoms with van der Waals surface area (Å²) in [5.74, 6) is 0.381. The van der Waals surface area contributed by atoms with Gasteiger partial charge in [-0.15, -0.1) is 0 Å². The maximum absolute atomic E-state index is 13.5. The number of amides is 1. The number of hydrogen-bond donors (Lipinski definition) is 3. The van der Waals surface area contributed by atoms with E-state index in [0.29, 0.717) is 84.2 Å². The van der Waals surface area contributed by atoms with Crippen LogP contribution in [0.1, 0.15) is 76.7 Å². The molecular formula is C45H50ClFN4O6. The zero-order valence-corrected chi connectivity index (χ0v) is 33.3. The number of ether oxygens (including phenoxy) is 3. The summed E-state index contributed by atoms with van der Waals surface area (Å²) in [5, 5.41) is 16.3. The fraction of sp³-hybridized carbons (Fsp3) is 0.400. The van der Waals surface area contributed by atoms with Gasteiger partial charge < -0.3 is 34.9 Å². The number of fused-ring (bicyclic) bond motifs is 3. The molecule has 2 bridgehead atoms. The summed E-state index contributed by atoms with van der Waals surface area (Å²) in [4.78, 5) is 30.9. The van der Waals surface area contributed by atoms with Crippen LogP contribution in [-0.4, -0.2) is 66.9 Å².